The predicted molar refractivity (Wildman–Crippen MR) is 105 cm³/mol. The molecule has 6 heteroatoms. The Kier molecular flexibility index (Phi) is 5.11. The Hall–Kier alpha value is -3.93. The van der Waals surface area contributed by atoms with Gasteiger partial charge >= 0.3 is 0 Å². The molecule has 0 spiro atoms. The lowest BCUT2D eigenvalue weighted by Crippen LogP contribution is -2.29. The summed E-state index contributed by atoms with van der Waals surface area (Å²) in [6.07, 6.45) is 9.85. The van der Waals surface area contributed by atoms with Crippen molar-refractivity contribution in [3.05, 3.63) is 108 Å². The van der Waals surface area contributed by atoms with E-state index in [0.717, 1.165) is 16.7 Å². The Morgan fingerprint density at radius 1 is 0.750 bits per heavy atom. The van der Waals surface area contributed by atoms with Crippen molar-refractivity contribution in [1.29, 1.82) is 0 Å². The fourth-order valence-electron chi connectivity index (χ4n) is 2.87. The summed E-state index contributed by atoms with van der Waals surface area (Å²) in [4.78, 5) is 29.5. The third-order valence-corrected chi connectivity index (χ3v) is 4.30. The maximum atomic E-state index is 12.8. The van der Waals surface area contributed by atoms with Crippen LogP contribution in [0.1, 0.15) is 27.5 Å². The van der Waals surface area contributed by atoms with Crippen LogP contribution in [0.5, 0.6) is 0 Å². The molecular weight excluding hydrogens is 350 g/mol. The molecule has 0 radical (unpaired) electrons. The summed E-state index contributed by atoms with van der Waals surface area (Å²) >= 11 is 0. The molecule has 1 aromatic carbocycles. The molecular formula is C22H17N5O. The largest absolute Gasteiger partial charge is 0.341 e. The van der Waals surface area contributed by atoms with E-state index in [-0.39, 0.29) is 11.9 Å². The molecule has 0 unspecified atom stereocenters. The molecule has 1 amide bonds. The Labute approximate surface area is 162 Å². The van der Waals surface area contributed by atoms with Crippen LogP contribution in [-0.2, 0) is 0 Å². The monoisotopic (exact) mass is 367 g/mol. The number of aromatic nitrogens is 4. The standard InChI is InChI=1S/C22H17N5O/c28-22(19-14-25-21(26-15-19)18-8-12-24-13-9-18)27-20(16-4-2-1-3-5-16)17-6-10-23-11-7-17/h1-15,20H,(H,27,28)/t20-/m1/s1. The number of carbonyl (C=O) groups excluding carboxylic acids is 1. The number of nitrogens with zero attached hydrogens (tertiary/aromatic N) is 4. The molecule has 3 heterocycles. The molecule has 136 valence electrons. The zero-order valence-electron chi connectivity index (χ0n) is 14.9. The molecule has 1 atom stereocenters. The topological polar surface area (TPSA) is 80.7 Å². The molecule has 3 aromatic heterocycles. The van der Waals surface area contributed by atoms with Gasteiger partial charge in [-0.1, -0.05) is 30.3 Å². The van der Waals surface area contributed by atoms with E-state index in [4.69, 9.17) is 0 Å². The molecule has 0 aliphatic rings. The molecule has 4 aromatic rings. The van der Waals surface area contributed by atoms with E-state index in [0.29, 0.717) is 11.4 Å². The summed E-state index contributed by atoms with van der Waals surface area (Å²) in [6.45, 7) is 0. The second-order valence-electron chi connectivity index (χ2n) is 6.13. The maximum absolute atomic E-state index is 12.8. The zero-order valence-corrected chi connectivity index (χ0v) is 14.9. The summed E-state index contributed by atoms with van der Waals surface area (Å²) in [5, 5.41) is 3.07. The fourth-order valence-corrected chi connectivity index (χ4v) is 2.87. The van der Waals surface area contributed by atoms with Crippen LogP contribution < -0.4 is 5.32 Å². The molecule has 0 saturated carbocycles. The zero-order chi connectivity index (χ0) is 19.2. The summed E-state index contributed by atoms with van der Waals surface area (Å²) in [6, 6.07) is 16.9. The van der Waals surface area contributed by atoms with Crippen molar-refractivity contribution in [2.75, 3.05) is 0 Å². The van der Waals surface area contributed by atoms with Gasteiger partial charge in [0.05, 0.1) is 11.6 Å². The Bertz CT molecular complexity index is 999. The molecule has 4 rings (SSSR count). The van der Waals surface area contributed by atoms with Gasteiger partial charge in [-0.2, -0.15) is 0 Å². The lowest BCUT2D eigenvalue weighted by atomic mass is 9.99. The smallest absolute Gasteiger partial charge is 0.255 e. The van der Waals surface area contributed by atoms with Gasteiger partial charge in [0.2, 0.25) is 0 Å². The second kappa shape index (κ2) is 8.18. The third-order valence-electron chi connectivity index (χ3n) is 4.30. The fraction of sp³-hybridized carbons (Fsp3) is 0.0455. The third kappa shape index (κ3) is 3.91. The van der Waals surface area contributed by atoms with Crippen LogP contribution in [0.15, 0.2) is 91.8 Å². The van der Waals surface area contributed by atoms with Crippen LogP contribution in [-0.4, -0.2) is 25.8 Å². The van der Waals surface area contributed by atoms with Crippen LogP contribution in [0.3, 0.4) is 0 Å². The number of amides is 1. The number of hydrogen-bond acceptors (Lipinski definition) is 5. The van der Waals surface area contributed by atoms with Gasteiger partial charge in [-0.05, 0) is 35.4 Å². The minimum atomic E-state index is -0.295. The number of pyridine rings is 2. The summed E-state index contributed by atoms with van der Waals surface area (Å²) in [7, 11) is 0. The van der Waals surface area contributed by atoms with Crippen LogP contribution >= 0.6 is 0 Å². The lowest BCUT2D eigenvalue weighted by molar-refractivity contribution is 0.0942. The van der Waals surface area contributed by atoms with Gasteiger partial charge < -0.3 is 5.32 Å². The molecule has 0 aliphatic carbocycles. The normalized spacial score (nSPS) is 11.6. The van der Waals surface area contributed by atoms with Crippen molar-refractivity contribution >= 4 is 5.91 Å². The molecule has 0 saturated heterocycles. The maximum Gasteiger partial charge on any atom is 0.255 e. The van der Waals surface area contributed by atoms with Crippen molar-refractivity contribution in [3.8, 4) is 11.4 Å². The van der Waals surface area contributed by atoms with Gasteiger partial charge in [0.25, 0.3) is 5.91 Å². The number of carbonyl (C=O) groups is 1. The van der Waals surface area contributed by atoms with Crippen molar-refractivity contribution in [2.45, 2.75) is 6.04 Å². The Morgan fingerprint density at radius 3 is 1.96 bits per heavy atom. The summed E-state index contributed by atoms with van der Waals surface area (Å²) in [5.41, 5.74) is 3.17. The summed E-state index contributed by atoms with van der Waals surface area (Å²) < 4.78 is 0. The van der Waals surface area contributed by atoms with Gasteiger partial charge in [-0.25, -0.2) is 9.97 Å². The quantitative estimate of drug-likeness (QED) is 0.584. The van der Waals surface area contributed by atoms with Crippen molar-refractivity contribution in [2.24, 2.45) is 0 Å². The Balaban J connectivity index is 1.58. The average Bonchev–Trinajstić information content (AvgIpc) is 2.79. The molecule has 0 aliphatic heterocycles. The second-order valence-corrected chi connectivity index (χ2v) is 6.13. The van der Waals surface area contributed by atoms with Gasteiger partial charge in [-0.3, -0.25) is 14.8 Å². The Morgan fingerprint density at radius 2 is 1.32 bits per heavy atom. The van der Waals surface area contributed by atoms with E-state index < -0.39 is 0 Å². The van der Waals surface area contributed by atoms with Gasteiger partial charge in [0.15, 0.2) is 5.82 Å². The van der Waals surface area contributed by atoms with Crippen molar-refractivity contribution in [1.82, 2.24) is 25.3 Å². The molecule has 0 bridgehead atoms. The van der Waals surface area contributed by atoms with E-state index in [1.807, 2.05) is 54.6 Å². The highest BCUT2D eigenvalue weighted by atomic mass is 16.1. The van der Waals surface area contributed by atoms with E-state index in [9.17, 15) is 4.79 Å². The van der Waals surface area contributed by atoms with Gasteiger partial charge in [0, 0.05) is 42.7 Å². The number of hydrogen-bond donors (Lipinski definition) is 1. The first-order chi connectivity index (χ1) is 13.8. The molecule has 6 nitrogen and oxygen atoms in total. The van der Waals surface area contributed by atoms with Gasteiger partial charge in [0.1, 0.15) is 0 Å². The van der Waals surface area contributed by atoms with Crippen LogP contribution in [0.4, 0.5) is 0 Å². The number of nitrogens with one attached hydrogen (secondary N) is 1. The lowest BCUT2D eigenvalue weighted by Gasteiger charge is -2.19. The van der Waals surface area contributed by atoms with Crippen molar-refractivity contribution in [3.63, 3.8) is 0 Å². The highest BCUT2D eigenvalue weighted by Gasteiger charge is 2.18. The first-order valence-corrected chi connectivity index (χ1v) is 8.79. The molecule has 1 N–H and O–H groups in total. The molecule has 28 heavy (non-hydrogen) atoms. The van der Waals surface area contributed by atoms with Crippen LogP contribution in [0.25, 0.3) is 11.4 Å². The van der Waals surface area contributed by atoms with Crippen LogP contribution in [0.2, 0.25) is 0 Å². The van der Waals surface area contributed by atoms with E-state index in [2.05, 4.69) is 25.3 Å². The summed E-state index contributed by atoms with van der Waals surface area (Å²) in [5.74, 6) is 0.305. The van der Waals surface area contributed by atoms with E-state index >= 15 is 0 Å². The highest BCUT2D eigenvalue weighted by Crippen LogP contribution is 2.22. The minimum Gasteiger partial charge on any atom is -0.341 e. The number of rotatable bonds is 5. The first-order valence-electron chi connectivity index (χ1n) is 8.79. The average molecular weight is 367 g/mol. The SMILES string of the molecule is O=C(N[C@H](c1ccccc1)c1ccncc1)c1cnc(-c2ccncc2)nc1. The van der Waals surface area contributed by atoms with Gasteiger partial charge in [-0.15, -0.1) is 0 Å². The van der Waals surface area contributed by atoms with E-state index in [1.54, 1.807) is 24.8 Å². The highest BCUT2D eigenvalue weighted by molar-refractivity contribution is 5.94. The van der Waals surface area contributed by atoms with Crippen molar-refractivity contribution < 1.29 is 4.79 Å². The number of benzene rings is 1. The molecule has 0 fully saturated rings. The minimum absolute atomic E-state index is 0.244. The predicted octanol–water partition coefficient (Wildman–Crippen LogP) is 3.45. The first kappa shape index (κ1) is 17.5. The van der Waals surface area contributed by atoms with E-state index in [1.165, 1.54) is 12.4 Å². The van der Waals surface area contributed by atoms with Crippen LogP contribution in [0, 0.1) is 0 Å².